The molecule has 0 amide bonds. The molecule has 0 bridgehead atoms. The summed E-state index contributed by atoms with van der Waals surface area (Å²) in [5.41, 5.74) is 5.24. The first kappa shape index (κ1) is 16.5. The van der Waals surface area contributed by atoms with E-state index in [4.69, 9.17) is 17.3 Å². The van der Waals surface area contributed by atoms with Crippen molar-refractivity contribution in [2.45, 2.75) is 38.1 Å². The lowest BCUT2D eigenvalue weighted by atomic mass is 9.88. The topological polar surface area (TPSA) is 63.4 Å². The van der Waals surface area contributed by atoms with E-state index in [1.807, 2.05) is 20.8 Å². The van der Waals surface area contributed by atoms with Crippen molar-refractivity contribution in [2.24, 2.45) is 11.8 Å². The third-order valence-corrected chi connectivity index (χ3v) is 6.33. The number of nitrogens with zero attached hydrogens (tertiary/aromatic N) is 1. The van der Waals surface area contributed by atoms with E-state index >= 15 is 0 Å². The van der Waals surface area contributed by atoms with Crippen LogP contribution in [0.1, 0.15) is 27.2 Å². The van der Waals surface area contributed by atoms with Gasteiger partial charge in [0.1, 0.15) is 4.90 Å². The molecule has 1 aromatic carbocycles. The highest BCUT2D eigenvalue weighted by Crippen LogP contribution is 2.34. The molecule has 4 nitrogen and oxygen atoms in total. The highest BCUT2D eigenvalue weighted by molar-refractivity contribution is 7.89. The Balaban J connectivity index is 2.51. The van der Waals surface area contributed by atoms with Crippen LogP contribution in [0.15, 0.2) is 17.0 Å². The Hall–Kier alpha value is -0.850. The van der Waals surface area contributed by atoms with Gasteiger partial charge in [-0.15, -0.1) is 0 Å². The quantitative estimate of drug-likeness (QED) is 0.845. The van der Waals surface area contributed by atoms with Crippen LogP contribution in [0.2, 0.25) is 5.02 Å². The average Bonchev–Trinajstić information content (AvgIpc) is 2.37. The standard InChI is InChI=1S/C14H20ClFN2O2S/c1-8-4-9(2)10(3)18(7-8)21(19,20)13-6-11(15)5-12(17)14(13)16/h5-6,8-10H,4,7,17H2,1-3H3. The molecule has 1 heterocycles. The zero-order valence-corrected chi connectivity index (χ0v) is 13.9. The molecule has 118 valence electrons. The third-order valence-electron chi connectivity index (χ3n) is 4.16. The molecule has 3 atom stereocenters. The summed E-state index contributed by atoms with van der Waals surface area (Å²) in [7, 11) is -3.96. The SMILES string of the molecule is CC1CC(C)C(C)N(S(=O)(=O)c2cc(Cl)cc(N)c2F)C1. The maximum atomic E-state index is 14.2. The Morgan fingerprint density at radius 2 is 1.95 bits per heavy atom. The summed E-state index contributed by atoms with van der Waals surface area (Å²) >= 11 is 5.83. The molecule has 1 aliphatic heterocycles. The Morgan fingerprint density at radius 3 is 2.57 bits per heavy atom. The first-order valence-corrected chi connectivity index (χ1v) is 8.72. The third kappa shape index (κ3) is 3.03. The van der Waals surface area contributed by atoms with Crippen molar-refractivity contribution in [1.82, 2.24) is 4.31 Å². The second kappa shape index (κ2) is 5.74. The van der Waals surface area contributed by atoms with Gasteiger partial charge >= 0.3 is 0 Å². The van der Waals surface area contributed by atoms with Gasteiger partial charge in [-0.05, 0) is 37.3 Å². The lowest BCUT2D eigenvalue weighted by Crippen LogP contribution is -2.48. The molecule has 1 saturated heterocycles. The number of sulfonamides is 1. The van der Waals surface area contributed by atoms with Crippen molar-refractivity contribution < 1.29 is 12.8 Å². The summed E-state index contributed by atoms with van der Waals surface area (Å²) in [5, 5.41) is 0.109. The summed E-state index contributed by atoms with van der Waals surface area (Å²) in [5.74, 6) is -0.494. The zero-order chi connectivity index (χ0) is 15.9. The Labute approximate surface area is 130 Å². The van der Waals surface area contributed by atoms with Crippen LogP contribution in [0.4, 0.5) is 10.1 Å². The van der Waals surface area contributed by atoms with E-state index in [0.29, 0.717) is 6.54 Å². The van der Waals surface area contributed by atoms with E-state index in [0.717, 1.165) is 12.5 Å². The molecule has 1 aliphatic rings. The molecule has 2 rings (SSSR count). The number of nitrogens with two attached hydrogens (primary N) is 1. The maximum Gasteiger partial charge on any atom is 0.246 e. The molecule has 7 heteroatoms. The molecular weight excluding hydrogens is 315 g/mol. The first-order chi connectivity index (χ1) is 9.64. The van der Waals surface area contributed by atoms with Crippen molar-refractivity contribution in [1.29, 1.82) is 0 Å². The van der Waals surface area contributed by atoms with Gasteiger partial charge in [0.15, 0.2) is 5.82 Å². The number of anilines is 1. The number of halogens is 2. The molecule has 1 fully saturated rings. The van der Waals surface area contributed by atoms with Crippen LogP contribution in [-0.2, 0) is 10.0 Å². The lowest BCUT2D eigenvalue weighted by molar-refractivity contribution is 0.157. The summed E-state index contributed by atoms with van der Waals surface area (Å²) in [4.78, 5) is -0.444. The normalized spacial score (nSPS) is 27.8. The van der Waals surface area contributed by atoms with Crippen molar-refractivity contribution in [3.8, 4) is 0 Å². The summed E-state index contributed by atoms with van der Waals surface area (Å²) in [6, 6.07) is 2.14. The minimum Gasteiger partial charge on any atom is -0.396 e. The molecule has 2 N–H and O–H groups in total. The number of rotatable bonds is 2. The molecule has 21 heavy (non-hydrogen) atoms. The molecule has 3 unspecified atom stereocenters. The Bertz CT molecular complexity index is 651. The van der Waals surface area contributed by atoms with Crippen LogP contribution < -0.4 is 5.73 Å². The average molecular weight is 335 g/mol. The first-order valence-electron chi connectivity index (χ1n) is 6.91. The van der Waals surface area contributed by atoms with Crippen molar-refractivity contribution in [3.05, 3.63) is 23.0 Å². The van der Waals surface area contributed by atoms with Gasteiger partial charge in [-0.25, -0.2) is 12.8 Å². The van der Waals surface area contributed by atoms with Gasteiger partial charge in [-0.1, -0.05) is 25.4 Å². The number of hydrogen-bond acceptors (Lipinski definition) is 3. The predicted octanol–water partition coefficient (Wildman–Crippen LogP) is 3.12. The molecule has 1 aromatic rings. The molecule has 0 spiro atoms. The molecular formula is C14H20ClFN2O2S. The van der Waals surface area contributed by atoms with Crippen LogP contribution in [0.3, 0.4) is 0 Å². The minimum absolute atomic E-state index is 0.109. The highest BCUT2D eigenvalue weighted by atomic mass is 35.5. The van der Waals surface area contributed by atoms with Gasteiger partial charge in [0.05, 0.1) is 5.69 Å². The van der Waals surface area contributed by atoms with Gasteiger partial charge in [0.2, 0.25) is 10.0 Å². The lowest BCUT2D eigenvalue weighted by Gasteiger charge is -2.40. The fourth-order valence-corrected chi connectivity index (χ4v) is 5.14. The van der Waals surface area contributed by atoms with Crippen LogP contribution >= 0.6 is 11.6 Å². The van der Waals surface area contributed by atoms with E-state index < -0.39 is 20.7 Å². The molecule has 0 aromatic heterocycles. The van der Waals surface area contributed by atoms with E-state index in [2.05, 4.69) is 0 Å². The molecule has 0 aliphatic carbocycles. The Kier molecular flexibility index (Phi) is 4.52. The second-order valence-corrected chi connectivity index (χ2v) is 8.24. The number of benzene rings is 1. The van der Waals surface area contributed by atoms with Crippen LogP contribution in [0.5, 0.6) is 0 Å². The minimum atomic E-state index is -3.96. The summed E-state index contributed by atoms with van der Waals surface area (Å²) < 4.78 is 41.1. The van der Waals surface area contributed by atoms with Crippen molar-refractivity contribution in [3.63, 3.8) is 0 Å². The monoisotopic (exact) mass is 334 g/mol. The second-order valence-electron chi connectivity index (χ2n) is 5.94. The fourth-order valence-electron chi connectivity index (χ4n) is 2.88. The smallest absolute Gasteiger partial charge is 0.246 e. The van der Waals surface area contributed by atoms with Gasteiger partial charge < -0.3 is 5.73 Å². The number of nitrogen functional groups attached to an aromatic ring is 1. The van der Waals surface area contributed by atoms with Gasteiger partial charge in [0.25, 0.3) is 0 Å². The van der Waals surface area contributed by atoms with Crippen LogP contribution in [-0.4, -0.2) is 25.3 Å². The largest absolute Gasteiger partial charge is 0.396 e. The van der Waals surface area contributed by atoms with Crippen LogP contribution in [0.25, 0.3) is 0 Å². The number of piperidine rings is 1. The molecule has 0 radical (unpaired) electrons. The van der Waals surface area contributed by atoms with Gasteiger partial charge in [-0.2, -0.15) is 4.31 Å². The van der Waals surface area contributed by atoms with E-state index in [1.165, 1.54) is 10.4 Å². The van der Waals surface area contributed by atoms with Crippen molar-refractivity contribution in [2.75, 3.05) is 12.3 Å². The molecule has 0 saturated carbocycles. The predicted molar refractivity (Wildman–Crippen MR) is 82.1 cm³/mol. The Morgan fingerprint density at radius 1 is 1.33 bits per heavy atom. The summed E-state index contributed by atoms with van der Waals surface area (Å²) in [6.45, 7) is 6.22. The van der Waals surface area contributed by atoms with Gasteiger partial charge in [-0.3, -0.25) is 0 Å². The van der Waals surface area contributed by atoms with Crippen LogP contribution in [0, 0.1) is 17.7 Å². The maximum absolute atomic E-state index is 14.2. The van der Waals surface area contributed by atoms with Gasteiger partial charge in [0, 0.05) is 17.6 Å². The fraction of sp³-hybridized carbons (Fsp3) is 0.571. The van der Waals surface area contributed by atoms with Crippen molar-refractivity contribution >= 4 is 27.3 Å². The summed E-state index contributed by atoms with van der Waals surface area (Å²) in [6.07, 6.45) is 0.952. The highest BCUT2D eigenvalue weighted by Gasteiger charge is 2.38. The zero-order valence-electron chi connectivity index (χ0n) is 12.3. The van der Waals surface area contributed by atoms with E-state index in [9.17, 15) is 12.8 Å². The van der Waals surface area contributed by atoms with E-state index in [-0.39, 0.29) is 28.6 Å². The number of hydrogen-bond donors (Lipinski definition) is 1. The van der Waals surface area contributed by atoms with E-state index in [1.54, 1.807) is 0 Å².